The van der Waals surface area contributed by atoms with E-state index in [1.54, 1.807) is 52.1 Å². The molecule has 0 saturated heterocycles. The van der Waals surface area contributed by atoms with Crippen LogP contribution < -0.4 is 14.8 Å². The van der Waals surface area contributed by atoms with Crippen LogP contribution in [-0.2, 0) is 4.79 Å². The lowest BCUT2D eigenvalue weighted by Crippen LogP contribution is -2.44. The summed E-state index contributed by atoms with van der Waals surface area (Å²) >= 11 is 0. The van der Waals surface area contributed by atoms with E-state index in [1.165, 1.54) is 7.11 Å². The van der Waals surface area contributed by atoms with Crippen molar-refractivity contribution in [2.45, 2.75) is 26.8 Å². The monoisotopic (exact) mass is 361 g/mol. The van der Waals surface area contributed by atoms with Crippen LogP contribution in [0.25, 0.3) is 11.3 Å². The minimum absolute atomic E-state index is 0.242. The summed E-state index contributed by atoms with van der Waals surface area (Å²) in [6.07, 6.45) is 0. The molecule has 0 aliphatic heterocycles. The highest BCUT2D eigenvalue weighted by Crippen LogP contribution is 2.34. The van der Waals surface area contributed by atoms with E-state index in [4.69, 9.17) is 13.9 Å². The van der Waals surface area contributed by atoms with Crippen LogP contribution in [0, 0.1) is 12.8 Å². The molecule has 0 aliphatic carbocycles. The molecule has 0 radical (unpaired) electrons. The number of carboxylic acids is 1. The van der Waals surface area contributed by atoms with Crippen molar-refractivity contribution in [3.05, 3.63) is 35.6 Å². The highest BCUT2D eigenvalue weighted by Gasteiger charge is 2.26. The van der Waals surface area contributed by atoms with Crippen molar-refractivity contribution in [1.29, 1.82) is 0 Å². The third kappa shape index (κ3) is 3.99. The number of ether oxygens (including phenoxy) is 2. The van der Waals surface area contributed by atoms with Crippen LogP contribution in [0.15, 0.2) is 28.7 Å². The highest BCUT2D eigenvalue weighted by molar-refractivity contribution is 5.98. The molecule has 0 fully saturated rings. The summed E-state index contributed by atoms with van der Waals surface area (Å²) in [5.74, 6) is 0.197. The third-order valence-electron chi connectivity index (χ3n) is 4.05. The van der Waals surface area contributed by atoms with E-state index in [0.29, 0.717) is 34.1 Å². The molecule has 2 rings (SSSR count). The molecular weight excluding hydrogens is 338 g/mol. The number of benzene rings is 1. The first-order valence-corrected chi connectivity index (χ1v) is 8.15. The van der Waals surface area contributed by atoms with Gasteiger partial charge in [-0.1, -0.05) is 13.8 Å². The van der Waals surface area contributed by atoms with Gasteiger partial charge < -0.3 is 24.3 Å². The van der Waals surface area contributed by atoms with Crippen LogP contribution in [0.2, 0.25) is 0 Å². The predicted molar refractivity (Wildman–Crippen MR) is 95.7 cm³/mol. The fraction of sp³-hybridized carbons (Fsp3) is 0.368. The van der Waals surface area contributed by atoms with Gasteiger partial charge in [-0.05, 0) is 37.1 Å². The van der Waals surface area contributed by atoms with Gasteiger partial charge in [-0.2, -0.15) is 0 Å². The fourth-order valence-corrected chi connectivity index (χ4v) is 2.57. The van der Waals surface area contributed by atoms with E-state index in [1.807, 2.05) is 0 Å². The first-order valence-electron chi connectivity index (χ1n) is 8.15. The summed E-state index contributed by atoms with van der Waals surface area (Å²) in [5.41, 5.74) is 1.00. The zero-order chi connectivity index (χ0) is 19.4. The Kier molecular flexibility index (Phi) is 5.92. The largest absolute Gasteiger partial charge is 0.493 e. The van der Waals surface area contributed by atoms with E-state index in [0.717, 1.165) is 0 Å². The number of carboxylic acid groups (broad SMARTS) is 1. The molecular formula is C19H23NO6. The minimum atomic E-state index is -1.07. The van der Waals surface area contributed by atoms with Gasteiger partial charge in [0.05, 0.1) is 19.8 Å². The Labute approximate surface area is 151 Å². The van der Waals surface area contributed by atoms with Gasteiger partial charge in [-0.15, -0.1) is 0 Å². The summed E-state index contributed by atoms with van der Waals surface area (Å²) < 4.78 is 16.2. The summed E-state index contributed by atoms with van der Waals surface area (Å²) in [6, 6.07) is 5.89. The second kappa shape index (κ2) is 7.95. The maximum atomic E-state index is 12.5. The zero-order valence-corrected chi connectivity index (χ0v) is 15.5. The standard InChI is InChI=1S/C19H23NO6/c1-10(2)17(19(22)23)20-18(21)13-9-15(26-11(13)3)12-6-7-14(24-4)16(8-12)25-5/h6-10,17H,1-5H3,(H,20,21)(H,22,23)/t17-/m0/s1. The van der Waals surface area contributed by atoms with E-state index in [2.05, 4.69) is 5.32 Å². The van der Waals surface area contributed by atoms with Crippen LogP contribution in [0.5, 0.6) is 11.5 Å². The maximum absolute atomic E-state index is 12.5. The van der Waals surface area contributed by atoms with Gasteiger partial charge in [0.1, 0.15) is 17.6 Å². The smallest absolute Gasteiger partial charge is 0.326 e. The number of furan rings is 1. The normalized spacial score (nSPS) is 11.9. The van der Waals surface area contributed by atoms with Gasteiger partial charge >= 0.3 is 5.97 Å². The van der Waals surface area contributed by atoms with Gasteiger partial charge in [-0.3, -0.25) is 4.79 Å². The average Bonchev–Trinajstić information content (AvgIpc) is 3.00. The lowest BCUT2D eigenvalue weighted by Gasteiger charge is -2.17. The van der Waals surface area contributed by atoms with Crippen LogP contribution in [0.1, 0.15) is 30.0 Å². The summed E-state index contributed by atoms with van der Waals surface area (Å²) in [7, 11) is 3.08. The molecule has 7 heteroatoms. The Morgan fingerprint density at radius 3 is 2.31 bits per heavy atom. The van der Waals surface area contributed by atoms with Crippen LogP contribution in [0.3, 0.4) is 0 Å². The van der Waals surface area contributed by atoms with Gasteiger partial charge in [-0.25, -0.2) is 4.79 Å². The van der Waals surface area contributed by atoms with Crippen molar-refractivity contribution in [3.63, 3.8) is 0 Å². The number of carbonyl (C=O) groups excluding carboxylic acids is 1. The van der Waals surface area contributed by atoms with Crippen LogP contribution in [0.4, 0.5) is 0 Å². The Morgan fingerprint density at radius 2 is 1.77 bits per heavy atom. The molecule has 0 bridgehead atoms. The number of methoxy groups -OCH3 is 2. The van der Waals surface area contributed by atoms with Gasteiger partial charge in [0.2, 0.25) is 0 Å². The fourth-order valence-electron chi connectivity index (χ4n) is 2.57. The molecule has 0 spiro atoms. The number of nitrogens with one attached hydrogen (secondary N) is 1. The average molecular weight is 361 g/mol. The second-order valence-electron chi connectivity index (χ2n) is 6.18. The topological polar surface area (TPSA) is 98.0 Å². The van der Waals surface area contributed by atoms with Crippen molar-refractivity contribution < 1.29 is 28.6 Å². The Balaban J connectivity index is 2.31. The summed E-state index contributed by atoms with van der Waals surface area (Å²) in [5, 5.41) is 11.8. The summed E-state index contributed by atoms with van der Waals surface area (Å²) in [6.45, 7) is 5.12. The van der Waals surface area contributed by atoms with Gasteiger partial charge in [0, 0.05) is 5.56 Å². The summed E-state index contributed by atoms with van der Waals surface area (Å²) in [4.78, 5) is 23.8. The highest BCUT2D eigenvalue weighted by atomic mass is 16.5. The molecule has 0 aliphatic rings. The molecule has 1 amide bonds. The number of hydrogen-bond donors (Lipinski definition) is 2. The van der Waals surface area contributed by atoms with Crippen molar-refractivity contribution >= 4 is 11.9 Å². The molecule has 1 atom stereocenters. The van der Waals surface area contributed by atoms with E-state index in [9.17, 15) is 14.7 Å². The number of aryl methyl sites for hydroxylation is 1. The molecule has 0 saturated carbocycles. The van der Waals surface area contributed by atoms with Crippen LogP contribution in [-0.4, -0.2) is 37.2 Å². The first-order chi connectivity index (χ1) is 12.3. The number of rotatable bonds is 7. The molecule has 1 aromatic heterocycles. The van der Waals surface area contributed by atoms with E-state index >= 15 is 0 Å². The van der Waals surface area contributed by atoms with E-state index < -0.39 is 17.9 Å². The molecule has 26 heavy (non-hydrogen) atoms. The van der Waals surface area contributed by atoms with Crippen LogP contribution >= 0.6 is 0 Å². The molecule has 0 unspecified atom stereocenters. The SMILES string of the molecule is COc1ccc(-c2cc(C(=O)N[C@H](C(=O)O)C(C)C)c(C)o2)cc1OC. The van der Waals surface area contributed by atoms with E-state index in [-0.39, 0.29) is 5.92 Å². The Morgan fingerprint density at radius 1 is 1.12 bits per heavy atom. The van der Waals surface area contributed by atoms with Crippen molar-refractivity contribution in [2.75, 3.05) is 14.2 Å². The molecule has 2 aromatic rings. The number of carbonyl (C=O) groups is 2. The van der Waals surface area contributed by atoms with Crippen molar-refractivity contribution in [1.82, 2.24) is 5.32 Å². The minimum Gasteiger partial charge on any atom is -0.493 e. The molecule has 140 valence electrons. The number of aliphatic carboxylic acids is 1. The molecule has 1 aromatic carbocycles. The lowest BCUT2D eigenvalue weighted by molar-refractivity contribution is -0.140. The Bertz CT molecular complexity index is 808. The van der Waals surface area contributed by atoms with Gasteiger partial charge in [0.15, 0.2) is 11.5 Å². The zero-order valence-electron chi connectivity index (χ0n) is 15.5. The Hall–Kier alpha value is -2.96. The maximum Gasteiger partial charge on any atom is 0.326 e. The number of amides is 1. The number of hydrogen-bond acceptors (Lipinski definition) is 5. The van der Waals surface area contributed by atoms with Gasteiger partial charge in [0.25, 0.3) is 5.91 Å². The lowest BCUT2D eigenvalue weighted by atomic mass is 10.0. The first kappa shape index (κ1) is 19.4. The second-order valence-corrected chi connectivity index (χ2v) is 6.18. The predicted octanol–water partition coefficient (Wildman–Crippen LogP) is 3.11. The molecule has 1 heterocycles. The third-order valence-corrected chi connectivity index (χ3v) is 4.05. The molecule has 7 nitrogen and oxygen atoms in total. The van der Waals surface area contributed by atoms with Crippen molar-refractivity contribution in [2.24, 2.45) is 5.92 Å². The molecule has 2 N–H and O–H groups in total. The quantitative estimate of drug-likeness (QED) is 0.786. The van der Waals surface area contributed by atoms with Crippen molar-refractivity contribution in [3.8, 4) is 22.8 Å².